The largest absolute Gasteiger partial charge is 0.379 e. The molecule has 0 amide bonds. The maximum absolute atomic E-state index is 5.57. The molecule has 0 radical (unpaired) electrons. The fourth-order valence-corrected chi connectivity index (χ4v) is 2.09. The van der Waals surface area contributed by atoms with Gasteiger partial charge >= 0.3 is 0 Å². The number of rotatable bonds is 4. The Hall–Kier alpha value is -0.0400. The van der Waals surface area contributed by atoms with Gasteiger partial charge in [0, 0.05) is 6.61 Å². The van der Waals surface area contributed by atoms with Gasteiger partial charge in [0.25, 0.3) is 0 Å². The minimum absolute atomic E-state index is 0.405. The second-order valence-corrected chi connectivity index (χ2v) is 4.83. The zero-order valence-corrected chi connectivity index (χ0v) is 9.38. The topological polar surface area (TPSA) is 9.23 Å². The Labute approximate surface area is 82.9 Å². The first-order valence-corrected chi connectivity index (χ1v) is 5.80. The van der Waals surface area contributed by atoms with Crippen molar-refractivity contribution in [2.75, 3.05) is 6.61 Å². The lowest BCUT2D eigenvalue weighted by Gasteiger charge is -2.26. The molecule has 1 saturated carbocycles. The Kier molecular flexibility index (Phi) is 4.79. The van der Waals surface area contributed by atoms with Crippen LogP contribution in [-0.2, 0) is 4.74 Å². The quantitative estimate of drug-likeness (QED) is 0.648. The summed E-state index contributed by atoms with van der Waals surface area (Å²) in [7, 11) is 0. The first kappa shape index (κ1) is 11.0. The van der Waals surface area contributed by atoms with Crippen molar-refractivity contribution in [1.82, 2.24) is 0 Å². The minimum atomic E-state index is 0.405. The second-order valence-electron chi connectivity index (χ2n) is 4.83. The number of ether oxygens (including phenoxy) is 1. The van der Waals surface area contributed by atoms with Crippen LogP contribution in [0.25, 0.3) is 0 Å². The second kappa shape index (κ2) is 5.64. The molecule has 1 rings (SSSR count). The standard InChI is InChI=1S/C12H24O/c1-10(2)13-9-8-12-6-4-11(3)5-7-12/h10-12H,4-9H2,1-3H3. The highest BCUT2D eigenvalue weighted by atomic mass is 16.5. The molecule has 0 aromatic heterocycles. The van der Waals surface area contributed by atoms with E-state index in [1.54, 1.807) is 0 Å². The molecular weight excluding hydrogens is 160 g/mol. The summed E-state index contributed by atoms with van der Waals surface area (Å²) in [6, 6.07) is 0. The fraction of sp³-hybridized carbons (Fsp3) is 1.00. The molecule has 1 heteroatoms. The summed E-state index contributed by atoms with van der Waals surface area (Å²) in [5, 5.41) is 0. The summed E-state index contributed by atoms with van der Waals surface area (Å²) in [4.78, 5) is 0. The molecule has 0 atom stereocenters. The van der Waals surface area contributed by atoms with Gasteiger partial charge in [-0.3, -0.25) is 0 Å². The summed E-state index contributed by atoms with van der Waals surface area (Å²) in [5.74, 6) is 1.93. The van der Waals surface area contributed by atoms with Gasteiger partial charge in [-0.15, -0.1) is 0 Å². The van der Waals surface area contributed by atoms with E-state index < -0.39 is 0 Å². The Morgan fingerprint density at radius 3 is 2.31 bits per heavy atom. The molecule has 0 spiro atoms. The Bertz CT molecular complexity index is 123. The van der Waals surface area contributed by atoms with E-state index in [1.165, 1.54) is 32.1 Å². The lowest BCUT2D eigenvalue weighted by atomic mass is 9.82. The Balaban J connectivity index is 2.02. The van der Waals surface area contributed by atoms with Crippen molar-refractivity contribution in [2.24, 2.45) is 11.8 Å². The predicted octanol–water partition coefficient (Wildman–Crippen LogP) is 3.63. The fourth-order valence-electron chi connectivity index (χ4n) is 2.09. The molecule has 1 aliphatic rings. The highest BCUT2D eigenvalue weighted by Crippen LogP contribution is 2.30. The van der Waals surface area contributed by atoms with E-state index in [0.29, 0.717) is 6.10 Å². The number of hydrogen-bond acceptors (Lipinski definition) is 1. The van der Waals surface area contributed by atoms with Crippen molar-refractivity contribution in [2.45, 2.75) is 59.0 Å². The molecule has 1 fully saturated rings. The average molecular weight is 184 g/mol. The van der Waals surface area contributed by atoms with Crippen molar-refractivity contribution in [3.05, 3.63) is 0 Å². The molecule has 0 saturated heterocycles. The van der Waals surface area contributed by atoms with Crippen LogP contribution in [-0.4, -0.2) is 12.7 Å². The van der Waals surface area contributed by atoms with Gasteiger partial charge in [0.05, 0.1) is 6.10 Å². The summed E-state index contributed by atoms with van der Waals surface area (Å²) in [5.41, 5.74) is 0. The molecule has 0 aromatic rings. The van der Waals surface area contributed by atoms with Gasteiger partial charge < -0.3 is 4.74 Å². The molecule has 0 aromatic carbocycles. The first-order chi connectivity index (χ1) is 6.18. The molecule has 0 N–H and O–H groups in total. The molecule has 1 aliphatic carbocycles. The molecule has 0 unspecified atom stereocenters. The summed E-state index contributed by atoms with van der Waals surface area (Å²) in [6.07, 6.45) is 7.43. The van der Waals surface area contributed by atoms with Crippen LogP contribution in [0.2, 0.25) is 0 Å². The highest BCUT2D eigenvalue weighted by Gasteiger charge is 2.17. The van der Waals surface area contributed by atoms with Gasteiger partial charge in [-0.2, -0.15) is 0 Å². The normalized spacial score (nSPS) is 29.5. The van der Waals surface area contributed by atoms with Crippen LogP contribution in [0.4, 0.5) is 0 Å². The first-order valence-electron chi connectivity index (χ1n) is 5.80. The van der Waals surface area contributed by atoms with Crippen LogP contribution in [0, 0.1) is 11.8 Å². The molecule has 0 bridgehead atoms. The van der Waals surface area contributed by atoms with Gasteiger partial charge in [-0.05, 0) is 32.1 Å². The minimum Gasteiger partial charge on any atom is -0.379 e. The third kappa shape index (κ3) is 4.66. The Morgan fingerprint density at radius 1 is 1.15 bits per heavy atom. The average Bonchev–Trinajstić information content (AvgIpc) is 2.08. The van der Waals surface area contributed by atoms with Crippen LogP contribution >= 0.6 is 0 Å². The van der Waals surface area contributed by atoms with Crippen LogP contribution in [0.1, 0.15) is 52.9 Å². The van der Waals surface area contributed by atoms with Gasteiger partial charge in [-0.25, -0.2) is 0 Å². The van der Waals surface area contributed by atoms with Crippen LogP contribution in [0.5, 0.6) is 0 Å². The predicted molar refractivity (Wildman–Crippen MR) is 56.8 cm³/mol. The van der Waals surface area contributed by atoms with Crippen LogP contribution < -0.4 is 0 Å². The molecular formula is C12H24O. The van der Waals surface area contributed by atoms with Crippen molar-refractivity contribution < 1.29 is 4.74 Å². The van der Waals surface area contributed by atoms with Gasteiger partial charge in [-0.1, -0.05) is 32.6 Å². The van der Waals surface area contributed by atoms with Crippen molar-refractivity contribution in [1.29, 1.82) is 0 Å². The highest BCUT2D eigenvalue weighted by molar-refractivity contribution is 4.69. The van der Waals surface area contributed by atoms with E-state index in [0.717, 1.165) is 18.4 Å². The zero-order chi connectivity index (χ0) is 9.68. The molecule has 1 nitrogen and oxygen atoms in total. The maximum atomic E-state index is 5.57. The van der Waals surface area contributed by atoms with Gasteiger partial charge in [0.15, 0.2) is 0 Å². The van der Waals surface area contributed by atoms with Crippen LogP contribution in [0.15, 0.2) is 0 Å². The summed E-state index contributed by atoms with van der Waals surface area (Å²) in [6.45, 7) is 7.57. The smallest absolute Gasteiger partial charge is 0.0518 e. The van der Waals surface area contributed by atoms with E-state index in [2.05, 4.69) is 20.8 Å². The maximum Gasteiger partial charge on any atom is 0.0518 e. The molecule has 13 heavy (non-hydrogen) atoms. The van der Waals surface area contributed by atoms with E-state index in [4.69, 9.17) is 4.74 Å². The van der Waals surface area contributed by atoms with E-state index in [9.17, 15) is 0 Å². The van der Waals surface area contributed by atoms with Crippen molar-refractivity contribution in [3.63, 3.8) is 0 Å². The van der Waals surface area contributed by atoms with Crippen molar-refractivity contribution >= 4 is 0 Å². The van der Waals surface area contributed by atoms with E-state index in [-0.39, 0.29) is 0 Å². The van der Waals surface area contributed by atoms with Crippen LogP contribution in [0.3, 0.4) is 0 Å². The van der Waals surface area contributed by atoms with E-state index >= 15 is 0 Å². The Morgan fingerprint density at radius 2 is 1.77 bits per heavy atom. The lowest BCUT2D eigenvalue weighted by Crippen LogP contribution is -2.15. The van der Waals surface area contributed by atoms with Gasteiger partial charge in [0.2, 0.25) is 0 Å². The van der Waals surface area contributed by atoms with Crippen molar-refractivity contribution in [3.8, 4) is 0 Å². The van der Waals surface area contributed by atoms with Gasteiger partial charge in [0.1, 0.15) is 0 Å². The summed E-state index contributed by atoms with van der Waals surface area (Å²) >= 11 is 0. The lowest BCUT2D eigenvalue weighted by molar-refractivity contribution is 0.0631. The number of hydrogen-bond donors (Lipinski definition) is 0. The monoisotopic (exact) mass is 184 g/mol. The SMILES string of the molecule is CC1CCC(CCOC(C)C)CC1. The molecule has 0 heterocycles. The third-order valence-electron chi connectivity index (χ3n) is 3.11. The zero-order valence-electron chi connectivity index (χ0n) is 9.38. The molecule has 0 aliphatic heterocycles. The van der Waals surface area contributed by atoms with E-state index in [1.807, 2.05) is 0 Å². The summed E-state index contributed by atoms with van der Waals surface area (Å²) < 4.78 is 5.57. The third-order valence-corrected chi connectivity index (χ3v) is 3.11. The molecule has 78 valence electrons.